The van der Waals surface area contributed by atoms with Gasteiger partial charge in [-0.1, -0.05) is 17.5 Å². The van der Waals surface area contributed by atoms with E-state index in [0.717, 1.165) is 28.7 Å². The first-order chi connectivity index (χ1) is 12.8. The van der Waals surface area contributed by atoms with Gasteiger partial charge in [0, 0.05) is 33.5 Å². The van der Waals surface area contributed by atoms with E-state index in [-0.39, 0.29) is 5.54 Å². The molecule has 2 N–H and O–H groups in total. The molecule has 0 bridgehead atoms. The Morgan fingerprint density at radius 1 is 1.44 bits per heavy atom. The molecular weight excluding hydrogens is 380 g/mol. The number of thiophene rings is 1. The van der Waals surface area contributed by atoms with Crippen LogP contribution in [0.1, 0.15) is 43.0 Å². The zero-order chi connectivity index (χ0) is 19.6. The molecule has 1 unspecified atom stereocenters. The molecule has 140 valence electrons. The monoisotopic (exact) mass is 400 g/mol. The van der Waals surface area contributed by atoms with E-state index in [2.05, 4.69) is 36.0 Å². The second-order valence-electron chi connectivity index (χ2n) is 7.21. The third kappa shape index (κ3) is 4.52. The van der Waals surface area contributed by atoms with Crippen LogP contribution in [0.3, 0.4) is 0 Å². The topological polar surface area (TPSA) is 61.7 Å². The van der Waals surface area contributed by atoms with Gasteiger partial charge in [0.15, 0.2) is 6.04 Å². The van der Waals surface area contributed by atoms with Crippen molar-refractivity contribution in [2.24, 2.45) is 4.99 Å². The van der Waals surface area contributed by atoms with Crippen LogP contribution in [0.25, 0.3) is 0 Å². The second kappa shape index (κ2) is 7.75. The Bertz CT molecular complexity index is 966. The number of rotatable bonds is 4. The minimum Gasteiger partial charge on any atom is -0.480 e. The van der Waals surface area contributed by atoms with Crippen LogP contribution in [0.4, 0.5) is 0 Å². The molecule has 2 heterocycles. The van der Waals surface area contributed by atoms with Crippen molar-refractivity contribution in [3.63, 3.8) is 0 Å². The van der Waals surface area contributed by atoms with E-state index in [1.54, 1.807) is 13.0 Å². The summed E-state index contributed by atoms with van der Waals surface area (Å²) in [5, 5.41) is 17.7. The molecule has 1 aliphatic rings. The number of fused-ring (bicyclic) bond motifs is 1. The van der Waals surface area contributed by atoms with Gasteiger partial charge in [-0.25, -0.2) is 4.79 Å². The van der Waals surface area contributed by atoms with Crippen molar-refractivity contribution in [2.75, 3.05) is 0 Å². The molecule has 0 aliphatic carbocycles. The number of nitrogens with zero attached hydrogens (tertiary/aromatic N) is 1. The predicted octanol–water partition coefficient (Wildman–Crippen LogP) is 4.14. The number of carbonyl (C=O) groups is 1. The largest absolute Gasteiger partial charge is 0.480 e. The van der Waals surface area contributed by atoms with E-state index in [9.17, 15) is 9.90 Å². The lowest BCUT2D eigenvalue weighted by atomic mass is 9.87. The van der Waals surface area contributed by atoms with Crippen LogP contribution in [-0.4, -0.2) is 28.5 Å². The van der Waals surface area contributed by atoms with E-state index < -0.39 is 12.0 Å². The molecule has 1 atom stereocenters. The van der Waals surface area contributed by atoms with Gasteiger partial charge in [-0.05, 0) is 61.9 Å². The summed E-state index contributed by atoms with van der Waals surface area (Å²) in [6.45, 7) is 5.90. The fraction of sp³-hybridized carbons (Fsp3) is 0.333. The zero-order valence-corrected chi connectivity index (χ0v) is 17.0. The van der Waals surface area contributed by atoms with Crippen molar-refractivity contribution in [3.8, 4) is 11.8 Å². The average molecular weight is 401 g/mol. The van der Waals surface area contributed by atoms with Gasteiger partial charge in [0.25, 0.3) is 0 Å². The molecule has 0 saturated heterocycles. The molecule has 2 aromatic rings. The number of nitrogens with one attached hydrogen (secondary N) is 1. The molecular formula is C21H21ClN2O2S. The van der Waals surface area contributed by atoms with Gasteiger partial charge in [0.2, 0.25) is 0 Å². The smallest absolute Gasteiger partial charge is 0.328 e. The lowest BCUT2D eigenvalue weighted by Gasteiger charge is -2.35. The summed E-state index contributed by atoms with van der Waals surface area (Å²) in [5.74, 6) is 5.55. The molecule has 6 heteroatoms. The van der Waals surface area contributed by atoms with Crippen molar-refractivity contribution in [2.45, 2.75) is 45.2 Å². The van der Waals surface area contributed by atoms with E-state index in [1.165, 1.54) is 11.3 Å². The maximum Gasteiger partial charge on any atom is 0.328 e. The van der Waals surface area contributed by atoms with Crippen molar-refractivity contribution in [3.05, 3.63) is 56.2 Å². The minimum absolute atomic E-state index is 0.235. The highest BCUT2D eigenvalue weighted by Gasteiger charge is 2.30. The van der Waals surface area contributed by atoms with Gasteiger partial charge < -0.3 is 10.4 Å². The Balaban J connectivity index is 1.99. The number of aliphatic carboxylic acids is 1. The number of carboxylic acid groups (broad SMARTS) is 1. The Morgan fingerprint density at radius 2 is 2.22 bits per heavy atom. The van der Waals surface area contributed by atoms with E-state index in [1.807, 2.05) is 22.9 Å². The Hall–Kier alpha value is -2.29. The molecule has 1 aliphatic heterocycles. The fourth-order valence-corrected chi connectivity index (χ4v) is 4.22. The Labute approximate surface area is 168 Å². The van der Waals surface area contributed by atoms with Crippen LogP contribution in [-0.2, 0) is 17.6 Å². The zero-order valence-electron chi connectivity index (χ0n) is 15.5. The van der Waals surface area contributed by atoms with Gasteiger partial charge in [0.05, 0.1) is 0 Å². The summed E-state index contributed by atoms with van der Waals surface area (Å²) in [7, 11) is 0. The van der Waals surface area contributed by atoms with Crippen molar-refractivity contribution in [1.82, 2.24) is 5.32 Å². The van der Waals surface area contributed by atoms with E-state index in [4.69, 9.17) is 11.6 Å². The minimum atomic E-state index is -0.954. The number of benzene rings is 1. The van der Waals surface area contributed by atoms with Crippen LogP contribution >= 0.6 is 22.9 Å². The SMILES string of the molecule is CC#Cc1cscc1CC(N=C1NC(C)(C)Cc2cc(Cl)ccc21)C(=O)O. The third-order valence-corrected chi connectivity index (χ3v) is 5.42. The lowest BCUT2D eigenvalue weighted by molar-refractivity contribution is -0.138. The summed E-state index contributed by atoms with van der Waals surface area (Å²) in [6, 6.07) is 4.74. The number of hydrogen-bond donors (Lipinski definition) is 2. The standard InChI is InChI=1S/C21H21ClN2O2S/c1-4-5-13-11-27-12-15(13)9-18(20(25)26)23-19-17-7-6-16(22)8-14(17)10-21(2,3)24-19/h6-8,11-12,18H,9-10H2,1-3H3,(H,23,24)(H,25,26). The highest BCUT2D eigenvalue weighted by Crippen LogP contribution is 2.27. The summed E-state index contributed by atoms with van der Waals surface area (Å²) in [6.07, 6.45) is 1.10. The second-order valence-corrected chi connectivity index (χ2v) is 8.39. The normalized spacial score (nSPS) is 17.4. The molecule has 27 heavy (non-hydrogen) atoms. The number of hydrogen-bond acceptors (Lipinski definition) is 3. The summed E-state index contributed by atoms with van der Waals surface area (Å²) < 4.78 is 0. The molecule has 0 amide bonds. The fourth-order valence-electron chi connectivity index (χ4n) is 3.23. The van der Waals surface area contributed by atoms with Gasteiger partial charge in [0.1, 0.15) is 5.84 Å². The highest BCUT2D eigenvalue weighted by molar-refractivity contribution is 7.08. The van der Waals surface area contributed by atoms with Crippen molar-refractivity contribution < 1.29 is 9.90 Å². The van der Waals surface area contributed by atoms with Gasteiger partial charge >= 0.3 is 5.97 Å². The van der Waals surface area contributed by atoms with Crippen molar-refractivity contribution in [1.29, 1.82) is 0 Å². The quantitative estimate of drug-likeness (QED) is 0.758. The first-order valence-electron chi connectivity index (χ1n) is 8.64. The predicted molar refractivity (Wildman–Crippen MR) is 111 cm³/mol. The van der Waals surface area contributed by atoms with E-state index in [0.29, 0.717) is 17.3 Å². The van der Waals surface area contributed by atoms with Gasteiger partial charge in [-0.3, -0.25) is 4.99 Å². The van der Waals surface area contributed by atoms with E-state index >= 15 is 0 Å². The van der Waals surface area contributed by atoms with Crippen LogP contribution < -0.4 is 5.32 Å². The average Bonchev–Trinajstić information content (AvgIpc) is 3.00. The molecule has 1 aromatic heterocycles. The van der Waals surface area contributed by atoms with Gasteiger partial charge in [-0.2, -0.15) is 11.3 Å². The highest BCUT2D eigenvalue weighted by atomic mass is 35.5. The molecule has 0 radical (unpaired) electrons. The van der Waals surface area contributed by atoms with Crippen molar-refractivity contribution >= 4 is 34.7 Å². The maximum absolute atomic E-state index is 11.9. The number of halogens is 1. The molecule has 0 saturated carbocycles. The van der Waals surface area contributed by atoms with Gasteiger partial charge in [-0.15, -0.1) is 5.92 Å². The number of aliphatic imine (C=N–C) groups is 1. The Morgan fingerprint density at radius 3 is 2.93 bits per heavy atom. The summed E-state index contributed by atoms with van der Waals surface area (Å²) in [4.78, 5) is 16.5. The summed E-state index contributed by atoms with van der Waals surface area (Å²) in [5.41, 5.74) is 3.53. The number of carboxylic acids is 1. The molecule has 4 nitrogen and oxygen atoms in total. The molecule has 1 aromatic carbocycles. The first kappa shape index (κ1) is 19.5. The van der Waals surface area contributed by atoms with Crippen LogP contribution in [0.2, 0.25) is 5.02 Å². The lowest BCUT2D eigenvalue weighted by Crippen LogP contribution is -2.50. The molecule has 0 fully saturated rings. The summed E-state index contributed by atoms with van der Waals surface area (Å²) >= 11 is 7.67. The first-order valence-corrected chi connectivity index (χ1v) is 9.96. The number of amidine groups is 1. The third-order valence-electron chi connectivity index (χ3n) is 4.40. The maximum atomic E-state index is 11.9. The van der Waals surface area contributed by atoms with Crippen LogP contribution in [0.15, 0.2) is 34.0 Å². The van der Waals surface area contributed by atoms with Crippen LogP contribution in [0.5, 0.6) is 0 Å². The van der Waals surface area contributed by atoms with Crippen LogP contribution in [0, 0.1) is 11.8 Å². The molecule has 3 rings (SSSR count). The Kier molecular flexibility index (Phi) is 5.59. The molecule has 0 spiro atoms.